The maximum absolute atomic E-state index is 5.30. The fraction of sp³-hybridized carbons (Fsp3) is 0.294. The van der Waals surface area contributed by atoms with Crippen LogP contribution in [0.4, 0.5) is 5.69 Å². The molecule has 8 heteroatoms. The number of hydrogen-bond donors (Lipinski definition) is 2. The molecule has 136 valence electrons. The zero-order chi connectivity index (χ0) is 17.4. The Labute approximate surface area is 164 Å². The zero-order valence-corrected chi connectivity index (χ0v) is 17.0. The number of nitrogens with one attached hydrogen (secondary N) is 2. The molecule has 1 aromatic carbocycles. The van der Waals surface area contributed by atoms with Crippen molar-refractivity contribution in [3.05, 3.63) is 42.1 Å². The molecule has 0 fully saturated rings. The number of aliphatic imine (C=N–C) groups is 1. The van der Waals surface area contributed by atoms with Crippen molar-refractivity contribution in [3.63, 3.8) is 0 Å². The molecular formula is C17H23IN4O3. The fourth-order valence-corrected chi connectivity index (χ4v) is 2.15. The van der Waals surface area contributed by atoms with E-state index in [0.29, 0.717) is 29.9 Å². The number of benzene rings is 1. The molecule has 0 saturated heterocycles. The minimum atomic E-state index is 0. The third kappa shape index (κ3) is 5.66. The Hall–Kier alpha value is -2.23. The van der Waals surface area contributed by atoms with Gasteiger partial charge in [-0.25, -0.2) is 4.98 Å². The van der Waals surface area contributed by atoms with Gasteiger partial charge in [-0.1, -0.05) is 6.07 Å². The minimum absolute atomic E-state index is 0. The molecule has 0 unspecified atom stereocenters. The van der Waals surface area contributed by atoms with Crippen LogP contribution in [0, 0.1) is 0 Å². The van der Waals surface area contributed by atoms with Crippen LogP contribution in [0.3, 0.4) is 0 Å². The average Bonchev–Trinajstić information content (AvgIpc) is 2.65. The van der Waals surface area contributed by atoms with Crippen molar-refractivity contribution in [2.45, 2.75) is 6.54 Å². The highest BCUT2D eigenvalue weighted by Gasteiger charge is 2.08. The molecule has 0 aliphatic rings. The zero-order valence-electron chi connectivity index (χ0n) is 14.7. The summed E-state index contributed by atoms with van der Waals surface area (Å²) in [4.78, 5) is 8.39. The topological polar surface area (TPSA) is 77.0 Å². The second kappa shape index (κ2) is 10.6. The quantitative estimate of drug-likeness (QED) is 0.394. The molecule has 0 spiro atoms. The van der Waals surface area contributed by atoms with Crippen LogP contribution in [0.2, 0.25) is 0 Å². The summed E-state index contributed by atoms with van der Waals surface area (Å²) >= 11 is 0. The van der Waals surface area contributed by atoms with E-state index in [0.717, 1.165) is 11.3 Å². The van der Waals surface area contributed by atoms with Gasteiger partial charge in [0.1, 0.15) is 0 Å². The van der Waals surface area contributed by atoms with E-state index in [2.05, 4.69) is 20.6 Å². The lowest BCUT2D eigenvalue weighted by Crippen LogP contribution is -2.30. The fourth-order valence-electron chi connectivity index (χ4n) is 2.15. The molecule has 25 heavy (non-hydrogen) atoms. The van der Waals surface area contributed by atoms with Gasteiger partial charge in [-0.2, -0.15) is 0 Å². The van der Waals surface area contributed by atoms with E-state index in [1.807, 2.05) is 30.3 Å². The number of hydrogen-bond acceptors (Lipinski definition) is 5. The Morgan fingerprint density at radius 1 is 1.08 bits per heavy atom. The van der Waals surface area contributed by atoms with E-state index in [-0.39, 0.29) is 24.0 Å². The Morgan fingerprint density at radius 2 is 1.84 bits per heavy atom. The molecule has 0 bridgehead atoms. The first kappa shape index (κ1) is 20.8. The number of nitrogens with zero attached hydrogens (tertiary/aromatic N) is 2. The third-order valence-electron chi connectivity index (χ3n) is 3.36. The Bertz CT molecular complexity index is 710. The van der Waals surface area contributed by atoms with Gasteiger partial charge < -0.3 is 24.8 Å². The highest BCUT2D eigenvalue weighted by Crippen LogP contribution is 2.29. The van der Waals surface area contributed by atoms with Gasteiger partial charge >= 0.3 is 0 Å². The monoisotopic (exact) mass is 458 g/mol. The summed E-state index contributed by atoms with van der Waals surface area (Å²) in [5.74, 6) is 2.53. The Kier molecular flexibility index (Phi) is 8.82. The van der Waals surface area contributed by atoms with Gasteiger partial charge in [-0.05, 0) is 18.2 Å². The molecule has 0 aliphatic heterocycles. The maximum atomic E-state index is 5.30. The summed E-state index contributed by atoms with van der Waals surface area (Å²) in [7, 11) is 6.51. The van der Waals surface area contributed by atoms with Crippen LogP contribution >= 0.6 is 24.0 Å². The molecular weight excluding hydrogens is 435 g/mol. The lowest BCUT2D eigenvalue weighted by molar-refractivity contribution is 0.355. The number of ether oxygens (including phenoxy) is 3. The summed E-state index contributed by atoms with van der Waals surface area (Å²) in [5.41, 5.74) is 1.77. The summed E-state index contributed by atoms with van der Waals surface area (Å²) in [6.45, 7) is 0.532. The van der Waals surface area contributed by atoms with Crippen molar-refractivity contribution in [3.8, 4) is 17.4 Å². The van der Waals surface area contributed by atoms with E-state index in [9.17, 15) is 0 Å². The van der Waals surface area contributed by atoms with Crippen molar-refractivity contribution >= 4 is 35.6 Å². The highest BCUT2D eigenvalue weighted by atomic mass is 127. The minimum Gasteiger partial charge on any atom is -0.493 e. The molecule has 0 radical (unpaired) electrons. The number of pyridine rings is 1. The van der Waals surface area contributed by atoms with E-state index in [1.54, 1.807) is 34.6 Å². The molecule has 0 amide bonds. The molecule has 2 rings (SSSR count). The predicted molar refractivity (Wildman–Crippen MR) is 110 cm³/mol. The number of rotatable bonds is 6. The first-order valence-corrected chi connectivity index (χ1v) is 7.39. The first-order chi connectivity index (χ1) is 11.7. The van der Waals surface area contributed by atoms with Crippen molar-refractivity contribution in [1.82, 2.24) is 10.3 Å². The second-order valence-corrected chi connectivity index (χ2v) is 4.79. The number of aromatic nitrogens is 1. The van der Waals surface area contributed by atoms with Crippen LogP contribution in [0.15, 0.2) is 41.5 Å². The predicted octanol–water partition coefficient (Wildman–Crippen LogP) is 2.91. The van der Waals surface area contributed by atoms with E-state index < -0.39 is 0 Å². The average molecular weight is 458 g/mol. The van der Waals surface area contributed by atoms with Crippen molar-refractivity contribution < 1.29 is 14.2 Å². The number of methoxy groups -OCH3 is 3. The summed E-state index contributed by atoms with van der Waals surface area (Å²) in [5, 5.41) is 6.43. The molecule has 7 nitrogen and oxygen atoms in total. The van der Waals surface area contributed by atoms with E-state index in [4.69, 9.17) is 14.2 Å². The van der Waals surface area contributed by atoms with Gasteiger partial charge in [0.05, 0.1) is 21.3 Å². The number of halogens is 1. The van der Waals surface area contributed by atoms with Gasteiger partial charge in [-0.3, -0.25) is 4.99 Å². The first-order valence-electron chi connectivity index (χ1n) is 7.39. The number of guanidine groups is 1. The van der Waals surface area contributed by atoms with Crippen LogP contribution in [0.25, 0.3) is 0 Å². The molecule has 2 N–H and O–H groups in total. The van der Waals surface area contributed by atoms with Gasteiger partial charge in [0.15, 0.2) is 17.5 Å². The molecule has 1 heterocycles. The van der Waals surface area contributed by atoms with Crippen molar-refractivity contribution in [2.75, 3.05) is 33.7 Å². The van der Waals surface area contributed by atoms with Crippen molar-refractivity contribution in [2.24, 2.45) is 4.99 Å². The third-order valence-corrected chi connectivity index (χ3v) is 3.36. The summed E-state index contributed by atoms with van der Waals surface area (Å²) < 4.78 is 15.8. The van der Waals surface area contributed by atoms with Gasteiger partial charge in [0, 0.05) is 37.1 Å². The summed E-state index contributed by atoms with van der Waals surface area (Å²) in [6.07, 6.45) is 1.69. The van der Waals surface area contributed by atoms with E-state index in [1.165, 1.54) is 0 Å². The maximum Gasteiger partial charge on any atom is 0.218 e. The van der Waals surface area contributed by atoms with Crippen LogP contribution in [0.5, 0.6) is 17.4 Å². The van der Waals surface area contributed by atoms with Crippen molar-refractivity contribution in [1.29, 1.82) is 0 Å². The molecule has 0 saturated carbocycles. The molecule has 0 aliphatic carbocycles. The standard InChI is InChI=1S/C17H22N4O3.HI/c1-18-17(20-11-12-6-5-9-19-16(12)24-4)21-13-7-8-14(22-2)15(10-13)23-3;/h5-10H,11H2,1-4H3,(H2,18,20,21);1H. The van der Waals surface area contributed by atoms with Crippen LogP contribution in [-0.4, -0.2) is 39.3 Å². The van der Waals surface area contributed by atoms with E-state index >= 15 is 0 Å². The van der Waals surface area contributed by atoms with Gasteiger partial charge in [0.2, 0.25) is 5.88 Å². The van der Waals surface area contributed by atoms with Crippen LogP contribution in [0.1, 0.15) is 5.56 Å². The Morgan fingerprint density at radius 3 is 2.48 bits per heavy atom. The Balaban J connectivity index is 0.00000312. The normalized spacial score (nSPS) is 10.5. The lowest BCUT2D eigenvalue weighted by Gasteiger charge is -2.14. The van der Waals surface area contributed by atoms with Crippen LogP contribution in [-0.2, 0) is 6.54 Å². The van der Waals surface area contributed by atoms with Crippen LogP contribution < -0.4 is 24.8 Å². The highest BCUT2D eigenvalue weighted by molar-refractivity contribution is 14.0. The molecule has 2 aromatic rings. The lowest BCUT2D eigenvalue weighted by atomic mass is 10.2. The molecule has 1 aromatic heterocycles. The van der Waals surface area contributed by atoms with Gasteiger partial charge in [0.25, 0.3) is 0 Å². The van der Waals surface area contributed by atoms with Gasteiger partial charge in [-0.15, -0.1) is 24.0 Å². The number of anilines is 1. The summed E-state index contributed by atoms with van der Waals surface area (Å²) in [6, 6.07) is 9.38. The second-order valence-electron chi connectivity index (χ2n) is 4.79. The molecule has 0 atom stereocenters. The smallest absolute Gasteiger partial charge is 0.218 e. The largest absolute Gasteiger partial charge is 0.493 e. The SMILES string of the molecule is CN=C(NCc1cccnc1OC)Nc1ccc(OC)c(OC)c1.I.